The molecule has 4 N–H and O–H groups in total. The van der Waals surface area contributed by atoms with Gasteiger partial charge in [-0.3, -0.25) is 0 Å². The van der Waals surface area contributed by atoms with Gasteiger partial charge >= 0.3 is 6.03 Å². The van der Waals surface area contributed by atoms with E-state index in [1.165, 1.54) is 12.1 Å². The van der Waals surface area contributed by atoms with E-state index in [1.54, 1.807) is 30.1 Å². The predicted octanol–water partition coefficient (Wildman–Crippen LogP) is 1.22. The number of amides is 2. The highest BCUT2D eigenvalue weighted by Crippen LogP contribution is 2.19. The average molecular weight is 263 g/mol. The van der Waals surface area contributed by atoms with Crippen LogP contribution in [0.3, 0.4) is 0 Å². The summed E-state index contributed by atoms with van der Waals surface area (Å²) in [5.41, 5.74) is 5.62. The van der Waals surface area contributed by atoms with Crippen LogP contribution in [0.4, 0.5) is 14.9 Å². The Morgan fingerprint density at radius 2 is 2.32 bits per heavy atom. The molecule has 0 saturated carbocycles. The van der Waals surface area contributed by atoms with Crippen LogP contribution < -0.4 is 16.4 Å². The third-order valence-electron chi connectivity index (χ3n) is 2.54. The van der Waals surface area contributed by atoms with Gasteiger partial charge in [-0.1, -0.05) is 0 Å². The molecule has 0 aliphatic carbocycles. The lowest BCUT2D eigenvalue weighted by Crippen LogP contribution is -2.20. The number of halogens is 1. The minimum absolute atomic E-state index is 0.0477. The van der Waals surface area contributed by atoms with E-state index in [-0.39, 0.29) is 5.69 Å². The largest absolute Gasteiger partial charge is 0.351 e. The lowest BCUT2D eigenvalue weighted by Gasteiger charge is -2.10. The van der Waals surface area contributed by atoms with Crippen molar-refractivity contribution in [1.82, 2.24) is 14.9 Å². The lowest BCUT2D eigenvalue weighted by molar-refractivity contribution is 0.259. The number of nitrogens with two attached hydrogens (primary N) is 1. The van der Waals surface area contributed by atoms with Gasteiger partial charge in [0.15, 0.2) is 0 Å². The number of urea groups is 1. The molecule has 0 atom stereocenters. The Morgan fingerprint density at radius 1 is 1.53 bits per heavy atom. The van der Waals surface area contributed by atoms with E-state index in [1.807, 2.05) is 0 Å². The first-order chi connectivity index (χ1) is 9.11. The highest BCUT2D eigenvalue weighted by molar-refractivity contribution is 5.88. The van der Waals surface area contributed by atoms with Crippen LogP contribution in [0.15, 0.2) is 30.6 Å². The molecule has 1 heterocycles. The van der Waals surface area contributed by atoms with Crippen molar-refractivity contribution in [3.8, 4) is 5.69 Å². The summed E-state index contributed by atoms with van der Waals surface area (Å²) in [6, 6.07) is 3.64. The van der Waals surface area contributed by atoms with Crippen molar-refractivity contribution < 1.29 is 9.18 Å². The van der Waals surface area contributed by atoms with Gasteiger partial charge in [0.2, 0.25) is 0 Å². The van der Waals surface area contributed by atoms with Gasteiger partial charge in [-0.15, -0.1) is 0 Å². The minimum atomic E-state index is -0.801. The van der Waals surface area contributed by atoms with Crippen LogP contribution in [0.25, 0.3) is 5.69 Å². The number of hydrogen-bond acceptors (Lipinski definition) is 3. The fourth-order valence-electron chi connectivity index (χ4n) is 1.75. The molecule has 7 heteroatoms. The van der Waals surface area contributed by atoms with E-state index in [4.69, 9.17) is 5.73 Å². The second-order valence-electron chi connectivity index (χ2n) is 3.90. The molecule has 0 bridgehead atoms. The van der Waals surface area contributed by atoms with Crippen LogP contribution >= 0.6 is 0 Å². The molecular formula is C12H14FN5O. The fourth-order valence-corrected chi connectivity index (χ4v) is 1.75. The first kappa shape index (κ1) is 13.0. The first-order valence-corrected chi connectivity index (χ1v) is 5.65. The third kappa shape index (κ3) is 2.89. The number of nitrogens with zero attached hydrogens (tertiary/aromatic N) is 2. The van der Waals surface area contributed by atoms with Gasteiger partial charge in [-0.05, 0) is 19.2 Å². The Hall–Kier alpha value is -2.41. The quantitative estimate of drug-likeness (QED) is 0.775. The maximum absolute atomic E-state index is 13.8. The summed E-state index contributed by atoms with van der Waals surface area (Å²) in [6.45, 7) is 0.565. The number of anilines is 1. The number of carbonyl (C=O) groups excluding carboxylic acids is 1. The maximum Gasteiger partial charge on any atom is 0.316 e. The number of hydrogen-bond donors (Lipinski definition) is 3. The Morgan fingerprint density at radius 3 is 2.95 bits per heavy atom. The summed E-state index contributed by atoms with van der Waals surface area (Å²) in [6.07, 6.45) is 3.38. The molecule has 6 nitrogen and oxygen atoms in total. The number of primary amides is 1. The second-order valence-corrected chi connectivity index (χ2v) is 3.90. The Bertz CT molecular complexity index is 596. The summed E-state index contributed by atoms with van der Waals surface area (Å²) in [7, 11) is 1.81. The molecule has 100 valence electrons. The van der Waals surface area contributed by atoms with Gasteiger partial charge < -0.3 is 20.9 Å². The van der Waals surface area contributed by atoms with Crippen molar-refractivity contribution in [3.05, 3.63) is 42.2 Å². The van der Waals surface area contributed by atoms with Crippen molar-refractivity contribution >= 4 is 11.7 Å². The zero-order valence-corrected chi connectivity index (χ0v) is 10.4. The van der Waals surface area contributed by atoms with Gasteiger partial charge in [0.1, 0.15) is 11.6 Å². The van der Waals surface area contributed by atoms with E-state index < -0.39 is 11.8 Å². The molecule has 0 radical (unpaired) electrons. The van der Waals surface area contributed by atoms with Gasteiger partial charge in [0.25, 0.3) is 0 Å². The highest BCUT2D eigenvalue weighted by atomic mass is 19.1. The van der Waals surface area contributed by atoms with Crippen molar-refractivity contribution in [2.45, 2.75) is 6.54 Å². The van der Waals surface area contributed by atoms with E-state index in [0.717, 1.165) is 5.82 Å². The van der Waals surface area contributed by atoms with Crippen molar-refractivity contribution in [2.75, 3.05) is 12.4 Å². The molecule has 0 aliphatic heterocycles. The standard InChI is InChI=1S/C12H14FN5O/c1-15-7-11-16-4-5-18(11)8-2-3-10(9(13)6-8)17-12(14)19/h2-6,15H,7H2,1H3,(H3,14,17,19). The van der Waals surface area contributed by atoms with E-state index in [2.05, 4.69) is 15.6 Å². The van der Waals surface area contributed by atoms with Crippen LogP contribution in [0, 0.1) is 5.82 Å². The average Bonchev–Trinajstić information content (AvgIpc) is 2.80. The SMILES string of the molecule is CNCc1nccn1-c1ccc(NC(N)=O)c(F)c1. The molecule has 0 saturated heterocycles. The van der Waals surface area contributed by atoms with Crippen LogP contribution in [-0.2, 0) is 6.54 Å². The Kier molecular flexibility index (Phi) is 3.76. The number of benzene rings is 1. The molecule has 1 aromatic heterocycles. The van der Waals surface area contributed by atoms with Crippen LogP contribution in [0.2, 0.25) is 0 Å². The van der Waals surface area contributed by atoms with E-state index >= 15 is 0 Å². The monoisotopic (exact) mass is 263 g/mol. The molecule has 19 heavy (non-hydrogen) atoms. The third-order valence-corrected chi connectivity index (χ3v) is 2.54. The Balaban J connectivity index is 2.33. The van der Waals surface area contributed by atoms with Crippen molar-refractivity contribution in [2.24, 2.45) is 5.73 Å². The normalized spacial score (nSPS) is 10.4. The highest BCUT2D eigenvalue weighted by Gasteiger charge is 2.09. The number of carbonyl (C=O) groups is 1. The summed E-state index contributed by atoms with van der Waals surface area (Å²) in [4.78, 5) is 14.9. The molecule has 0 spiro atoms. The second kappa shape index (κ2) is 5.49. The first-order valence-electron chi connectivity index (χ1n) is 5.65. The fraction of sp³-hybridized carbons (Fsp3) is 0.167. The van der Waals surface area contributed by atoms with E-state index in [0.29, 0.717) is 12.2 Å². The number of imidazole rings is 1. The van der Waals surface area contributed by atoms with Gasteiger partial charge in [0.05, 0.1) is 12.2 Å². The summed E-state index contributed by atoms with van der Waals surface area (Å²) >= 11 is 0. The zero-order chi connectivity index (χ0) is 13.8. The number of nitrogens with one attached hydrogen (secondary N) is 2. The van der Waals surface area contributed by atoms with Crippen LogP contribution in [0.1, 0.15) is 5.82 Å². The smallest absolute Gasteiger partial charge is 0.316 e. The molecule has 1 aromatic carbocycles. The van der Waals surface area contributed by atoms with Crippen molar-refractivity contribution in [1.29, 1.82) is 0 Å². The molecular weight excluding hydrogens is 249 g/mol. The summed E-state index contributed by atoms with van der Waals surface area (Å²) in [5.74, 6) is 0.206. The van der Waals surface area contributed by atoms with Crippen LogP contribution in [-0.4, -0.2) is 22.6 Å². The predicted molar refractivity (Wildman–Crippen MR) is 69.5 cm³/mol. The number of rotatable bonds is 4. The molecule has 2 amide bonds. The molecule has 2 aromatic rings. The zero-order valence-electron chi connectivity index (χ0n) is 10.4. The molecule has 0 aliphatic rings. The maximum atomic E-state index is 13.8. The Labute approximate surface area is 109 Å². The van der Waals surface area contributed by atoms with Gasteiger partial charge in [0, 0.05) is 24.1 Å². The molecule has 2 rings (SSSR count). The molecule has 0 unspecified atom stereocenters. The van der Waals surface area contributed by atoms with Crippen molar-refractivity contribution in [3.63, 3.8) is 0 Å². The van der Waals surface area contributed by atoms with Gasteiger partial charge in [-0.2, -0.15) is 0 Å². The minimum Gasteiger partial charge on any atom is -0.351 e. The van der Waals surface area contributed by atoms with Gasteiger partial charge in [-0.25, -0.2) is 14.2 Å². The lowest BCUT2D eigenvalue weighted by atomic mass is 10.2. The number of aromatic nitrogens is 2. The summed E-state index contributed by atoms with van der Waals surface area (Å²) in [5, 5.41) is 5.19. The summed E-state index contributed by atoms with van der Waals surface area (Å²) < 4.78 is 15.6. The topological polar surface area (TPSA) is 85.0 Å². The van der Waals surface area contributed by atoms with Crippen LogP contribution in [0.5, 0.6) is 0 Å². The van der Waals surface area contributed by atoms with E-state index in [9.17, 15) is 9.18 Å². The molecule has 0 fully saturated rings.